The molecule has 2 aromatic carbocycles. The third-order valence-corrected chi connectivity index (χ3v) is 4.96. The molecule has 2 aromatic rings. The van der Waals surface area contributed by atoms with E-state index in [1.54, 1.807) is 49.6 Å². The molecule has 0 unspecified atom stereocenters. The second-order valence-corrected chi connectivity index (χ2v) is 6.90. The van der Waals surface area contributed by atoms with Crippen LogP contribution in [0.4, 0.5) is 5.69 Å². The number of carbonyl (C=O) groups is 4. The first-order chi connectivity index (χ1) is 14.9. The quantitative estimate of drug-likeness (QED) is 0.459. The zero-order valence-electron chi connectivity index (χ0n) is 16.9. The second-order valence-electron chi connectivity index (χ2n) is 6.90. The standard InChI is InChI=1S/C23H22N2O6/c1-31-18-9-7-16(8-10-18)13-14-24(20(26)11-12-22(28)29)19-15-21(27)25(23(19)30)17-5-3-2-4-6-17/h2-12,19H,13-15H2,1H3,(H,28,29)/p-1/b12-11+/t19-/m1/s1. The number of aliphatic carboxylic acids is 1. The van der Waals surface area contributed by atoms with E-state index >= 15 is 0 Å². The molecule has 160 valence electrons. The molecule has 1 aliphatic rings. The van der Waals surface area contributed by atoms with Crippen molar-refractivity contribution < 1.29 is 29.0 Å². The highest BCUT2D eigenvalue weighted by Gasteiger charge is 2.43. The highest BCUT2D eigenvalue weighted by atomic mass is 16.5. The number of anilines is 1. The van der Waals surface area contributed by atoms with Gasteiger partial charge < -0.3 is 19.5 Å². The van der Waals surface area contributed by atoms with Gasteiger partial charge in [-0.25, -0.2) is 4.90 Å². The molecule has 1 saturated heterocycles. The van der Waals surface area contributed by atoms with Gasteiger partial charge in [-0.3, -0.25) is 14.4 Å². The van der Waals surface area contributed by atoms with Gasteiger partial charge in [0.05, 0.1) is 25.2 Å². The zero-order chi connectivity index (χ0) is 22.4. The number of hydrogen-bond acceptors (Lipinski definition) is 6. The fraction of sp³-hybridized carbons (Fsp3) is 0.217. The lowest BCUT2D eigenvalue weighted by Gasteiger charge is -2.26. The molecule has 0 aliphatic carbocycles. The molecule has 0 radical (unpaired) electrons. The van der Waals surface area contributed by atoms with Crippen molar-refractivity contribution in [3.63, 3.8) is 0 Å². The fourth-order valence-electron chi connectivity index (χ4n) is 3.40. The minimum atomic E-state index is -1.52. The lowest BCUT2D eigenvalue weighted by atomic mass is 10.1. The van der Waals surface area contributed by atoms with Crippen molar-refractivity contribution in [1.82, 2.24) is 4.90 Å². The van der Waals surface area contributed by atoms with Crippen molar-refractivity contribution in [2.45, 2.75) is 18.9 Å². The van der Waals surface area contributed by atoms with Crippen LogP contribution in [0.15, 0.2) is 66.7 Å². The van der Waals surface area contributed by atoms with Crippen LogP contribution in [0.25, 0.3) is 0 Å². The van der Waals surface area contributed by atoms with Crippen LogP contribution in [-0.4, -0.2) is 48.3 Å². The van der Waals surface area contributed by atoms with E-state index in [0.717, 1.165) is 16.5 Å². The molecule has 0 bridgehead atoms. The van der Waals surface area contributed by atoms with Gasteiger partial charge >= 0.3 is 0 Å². The number of hydrogen-bond donors (Lipinski definition) is 0. The predicted molar refractivity (Wildman–Crippen MR) is 110 cm³/mol. The van der Waals surface area contributed by atoms with E-state index < -0.39 is 29.7 Å². The molecule has 1 atom stereocenters. The normalized spacial score (nSPS) is 16.0. The van der Waals surface area contributed by atoms with Gasteiger partial charge in [-0.2, -0.15) is 0 Å². The summed E-state index contributed by atoms with van der Waals surface area (Å²) in [6.45, 7) is 0.120. The summed E-state index contributed by atoms with van der Waals surface area (Å²) >= 11 is 0. The van der Waals surface area contributed by atoms with Crippen molar-refractivity contribution in [2.75, 3.05) is 18.6 Å². The number of ether oxygens (including phenoxy) is 1. The number of carboxylic acid groups (broad SMARTS) is 1. The van der Waals surface area contributed by atoms with Crippen molar-refractivity contribution >= 4 is 29.4 Å². The summed E-state index contributed by atoms with van der Waals surface area (Å²) in [6.07, 6.45) is 1.67. The van der Waals surface area contributed by atoms with E-state index in [1.165, 1.54) is 4.90 Å². The third kappa shape index (κ3) is 5.16. The number of imide groups is 1. The first-order valence-corrected chi connectivity index (χ1v) is 9.65. The van der Waals surface area contributed by atoms with Crippen LogP contribution in [0.1, 0.15) is 12.0 Å². The van der Waals surface area contributed by atoms with Gasteiger partial charge in [0.1, 0.15) is 11.8 Å². The molecule has 8 heteroatoms. The van der Waals surface area contributed by atoms with Gasteiger partial charge in [-0.15, -0.1) is 0 Å². The molecular weight excluding hydrogens is 400 g/mol. The summed E-state index contributed by atoms with van der Waals surface area (Å²) in [5, 5.41) is 10.7. The Balaban J connectivity index is 1.83. The maximum absolute atomic E-state index is 13.0. The van der Waals surface area contributed by atoms with E-state index in [9.17, 15) is 24.3 Å². The Bertz CT molecular complexity index is 1000. The van der Waals surface area contributed by atoms with Crippen molar-refractivity contribution in [3.05, 3.63) is 72.3 Å². The fourth-order valence-corrected chi connectivity index (χ4v) is 3.40. The molecule has 3 amide bonds. The number of benzene rings is 2. The Morgan fingerprint density at radius 3 is 2.39 bits per heavy atom. The summed E-state index contributed by atoms with van der Waals surface area (Å²) < 4.78 is 5.13. The van der Waals surface area contributed by atoms with Crippen LogP contribution < -0.4 is 14.7 Å². The summed E-state index contributed by atoms with van der Waals surface area (Å²) in [6, 6.07) is 14.6. The maximum atomic E-state index is 13.0. The van der Waals surface area contributed by atoms with Crippen LogP contribution in [-0.2, 0) is 25.6 Å². The molecule has 0 spiro atoms. The summed E-state index contributed by atoms with van der Waals surface area (Å²) in [4.78, 5) is 51.3. The molecule has 0 aromatic heterocycles. The predicted octanol–water partition coefficient (Wildman–Crippen LogP) is 0.705. The first-order valence-electron chi connectivity index (χ1n) is 9.65. The van der Waals surface area contributed by atoms with E-state index in [1.807, 2.05) is 12.1 Å². The average Bonchev–Trinajstić information content (AvgIpc) is 3.07. The Kier molecular flexibility index (Phi) is 6.81. The van der Waals surface area contributed by atoms with Crippen molar-refractivity contribution in [3.8, 4) is 5.75 Å². The van der Waals surface area contributed by atoms with E-state index in [-0.39, 0.29) is 13.0 Å². The Morgan fingerprint density at radius 1 is 1.10 bits per heavy atom. The molecular formula is C23H21N2O6-. The number of nitrogens with zero attached hydrogens (tertiary/aromatic N) is 2. The van der Waals surface area contributed by atoms with Gasteiger partial charge in [0.15, 0.2) is 0 Å². The Labute approximate surface area is 179 Å². The minimum absolute atomic E-state index is 0.120. The molecule has 0 N–H and O–H groups in total. The van der Waals surface area contributed by atoms with Crippen LogP contribution in [0.3, 0.4) is 0 Å². The molecule has 1 heterocycles. The van der Waals surface area contributed by atoms with Crippen molar-refractivity contribution in [1.29, 1.82) is 0 Å². The Morgan fingerprint density at radius 2 is 1.77 bits per heavy atom. The van der Waals surface area contributed by atoms with Gasteiger partial charge in [0, 0.05) is 12.6 Å². The van der Waals surface area contributed by atoms with Crippen LogP contribution >= 0.6 is 0 Å². The number of methoxy groups -OCH3 is 1. The summed E-state index contributed by atoms with van der Waals surface area (Å²) in [5.74, 6) is -2.47. The number of para-hydroxylation sites is 1. The smallest absolute Gasteiger partial charge is 0.257 e. The lowest BCUT2D eigenvalue weighted by molar-refractivity contribution is -0.297. The van der Waals surface area contributed by atoms with Crippen molar-refractivity contribution in [2.24, 2.45) is 0 Å². The van der Waals surface area contributed by atoms with Crippen LogP contribution in [0, 0.1) is 0 Å². The van der Waals surface area contributed by atoms with Gasteiger partial charge in [-0.1, -0.05) is 30.3 Å². The molecule has 3 rings (SSSR count). The molecule has 8 nitrogen and oxygen atoms in total. The van der Waals surface area contributed by atoms with Gasteiger partial charge in [0.2, 0.25) is 11.8 Å². The monoisotopic (exact) mass is 421 g/mol. The number of rotatable bonds is 8. The third-order valence-electron chi connectivity index (χ3n) is 4.96. The van der Waals surface area contributed by atoms with E-state index in [0.29, 0.717) is 23.9 Å². The highest BCUT2D eigenvalue weighted by molar-refractivity contribution is 6.23. The minimum Gasteiger partial charge on any atom is -0.545 e. The van der Waals surface area contributed by atoms with E-state index in [4.69, 9.17) is 4.74 Å². The number of carbonyl (C=O) groups excluding carboxylic acids is 4. The van der Waals surface area contributed by atoms with Gasteiger partial charge in [0.25, 0.3) is 5.91 Å². The van der Waals surface area contributed by atoms with E-state index in [2.05, 4.69) is 0 Å². The van der Waals surface area contributed by atoms with Crippen LogP contribution in [0.2, 0.25) is 0 Å². The molecule has 31 heavy (non-hydrogen) atoms. The largest absolute Gasteiger partial charge is 0.545 e. The topological polar surface area (TPSA) is 107 Å². The Hall–Kier alpha value is -3.94. The second kappa shape index (κ2) is 9.71. The molecule has 1 aliphatic heterocycles. The number of carboxylic acids is 1. The average molecular weight is 421 g/mol. The SMILES string of the molecule is COc1ccc(CCN(C(=O)/C=C/C(=O)[O-])[C@@H]2CC(=O)N(c3ccccc3)C2=O)cc1. The summed E-state index contributed by atoms with van der Waals surface area (Å²) in [5.41, 5.74) is 1.31. The summed E-state index contributed by atoms with van der Waals surface area (Å²) in [7, 11) is 1.56. The number of amides is 3. The first kappa shape index (κ1) is 21.8. The highest BCUT2D eigenvalue weighted by Crippen LogP contribution is 2.26. The lowest BCUT2D eigenvalue weighted by Crippen LogP contribution is -2.46. The molecule has 1 fully saturated rings. The van der Waals surface area contributed by atoms with Crippen LogP contribution in [0.5, 0.6) is 5.75 Å². The van der Waals surface area contributed by atoms with Gasteiger partial charge in [-0.05, 0) is 42.3 Å². The maximum Gasteiger partial charge on any atom is 0.257 e. The zero-order valence-corrected chi connectivity index (χ0v) is 16.9. The molecule has 0 saturated carbocycles.